The van der Waals surface area contributed by atoms with E-state index in [-0.39, 0.29) is 11.4 Å². The van der Waals surface area contributed by atoms with Crippen molar-refractivity contribution < 1.29 is 13.3 Å². The molecule has 0 N–H and O–H groups in total. The van der Waals surface area contributed by atoms with Gasteiger partial charge in [-0.3, -0.25) is 14.4 Å². The molecule has 0 amide bonds. The lowest BCUT2D eigenvalue weighted by molar-refractivity contribution is -0.524. The van der Waals surface area contributed by atoms with E-state index in [0.717, 1.165) is 9.87 Å². The molecule has 0 radical (unpaired) electrons. The van der Waals surface area contributed by atoms with E-state index in [1.54, 1.807) is 36.4 Å². The van der Waals surface area contributed by atoms with Crippen LogP contribution in [0.2, 0.25) is 0 Å². The zero-order chi connectivity index (χ0) is 15.9. The van der Waals surface area contributed by atoms with Gasteiger partial charge in [0.25, 0.3) is 16.1 Å². The molecular weight excluding hydrogens is 304 g/mol. The topological polar surface area (TPSA) is 80.5 Å². The summed E-state index contributed by atoms with van der Waals surface area (Å²) in [7, 11) is -3.81. The highest BCUT2D eigenvalue weighted by atomic mass is 32.2. The van der Waals surface area contributed by atoms with Crippen molar-refractivity contribution in [3.8, 4) is 0 Å². The van der Waals surface area contributed by atoms with Crippen LogP contribution < -0.4 is 4.31 Å². The zero-order valence-electron chi connectivity index (χ0n) is 11.8. The highest BCUT2D eigenvalue weighted by Gasteiger charge is 2.42. The second kappa shape index (κ2) is 5.10. The summed E-state index contributed by atoms with van der Waals surface area (Å²) in [5.41, 5.74) is 1.76. The zero-order valence-corrected chi connectivity index (χ0v) is 12.7. The monoisotopic (exact) mass is 318 g/mol. The van der Waals surface area contributed by atoms with Gasteiger partial charge in [0.15, 0.2) is 0 Å². The fourth-order valence-corrected chi connectivity index (χ4v) is 4.09. The third-order valence-electron chi connectivity index (χ3n) is 3.77. The number of hydrogen-bond donors (Lipinski definition) is 0. The van der Waals surface area contributed by atoms with Crippen LogP contribution in [0.1, 0.15) is 17.2 Å². The molecular formula is C15H14N2O4S. The molecule has 1 aliphatic heterocycles. The van der Waals surface area contributed by atoms with Crippen LogP contribution in [0.15, 0.2) is 53.4 Å². The van der Waals surface area contributed by atoms with Crippen LogP contribution in [0, 0.1) is 17.0 Å². The molecule has 7 heteroatoms. The lowest BCUT2D eigenvalue weighted by Crippen LogP contribution is -2.31. The van der Waals surface area contributed by atoms with Crippen molar-refractivity contribution in [2.24, 2.45) is 0 Å². The second-order valence-electron chi connectivity index (χ2n) is 5.21. The molecule has 0 saturated heterocycles. The number of benzene rings is 2. The summed E-state index contributed by atoms with van der Waals surface area (Å²) in [4.78, 5) is 10.9. The van der Waals surface area contributed by atoms with Crippen LogP contribution in [0.5, 0.6) is 0 Å². The fraction of sp³-hybridized carbons (Fsp3) is 0.200. The number of fused-ring (bicyclic) bond motifs is 1. The number of nitrogens with zero attached hydrogens (tertiary/aromatic N) is 2. The Bertz CT molecular complexity index is 831. The molecule has 22 heavy (non-hydrogen) atoms. The van der Waals surface area contributed by atoms with E-state index in [9.17, 15) is 18.5 Å². The Morgan fingerprint density at radius 1 is 1.14 bits per heavy atom. The first-order valence-electron chi connectivity index (χ1n) is 6.73. The minimum absolute atomic E-state index is 0.136. The van der Waals surface area contributed by atoms with Gasteiger partial charge in [-0.2, -0.15) is 0 Å². The van der Waals surface area contributed by atoms with Gasteiger partial charge >= 0.3 is 0 Å². The quantitative estimate of drug-likeness (QED) is 0.643. The van der Waals surface area contributed by atoms with Crippen molar-refractivity contribution >= 4 is 15.7 Å². The van der Waals surface area contributed by atoms with Crippen LogP contribution in [-0.2, 0) is 10.0 Å². The highest BCUT2D eigenvalue weighted by molar-refractivity contribution is 7.92. The van der Waals surface area contributed by atoms with Gasteiger partial charge in [-0.1, -0.05) is 29.8 Å². The predicted molar refractivity (Wildman–Crippen MR) is 81.9 cm³/mol. The molecule has 0 spiro atoms. The number of aryl methyl sites for hydroxylation is 1. The van der Waals surface area contributed by atoms with Gasteiger partial charge in [0, 0.05) is 4.92 Å². The van der Waals surface area contributed by atoms with Crippen molar-refractivity contribution in [2.45, 2.75) is 17.9 Å². The Labute approximate surface area is 128 Å². The predicted octanol–water partition coefficient (Wildman–Crippen LogP) is 2.52. The van der Waals surface area contributed by atoms with E-state index in [1.165, 1.54) is 12.1 Å². The van der Waals surface area contributed by atoms with Gasteiger partial charge in [0.2, 0.25) is 0 Å². The average molecular weight is 318 g/mol. The molecule has 0 bridgehead atoms. The molecule has 114 valence electrons. The maximum absolute atomic E-state index is 12.8. The summed E-state index contributed by atoms with van der Waals surface area (Å²) in [6, 6.07) is 12.0. The summed E-state index contributed by atoms with van der Waals surface area (Å²) >= 11 is 0. The third-order valence-corrected chi connectivity index (χ3v) is 5.56. The Morgan fingerprint density at radius 2 is 1.77 bits per heavy atom. The first-order chi connectivity index (χ1) is 10.4. The maximum Gasteiger partial charge on any atom is 0.264 e. The van der Waals surface area contributed by atoms with Gasteiger partial charge in [0.1, 0.15) is 6.54 Å². The molecule has 1 atom stereocenters. The van der Waals surface area contributed by atoms with Crippen molar-refractivity contribution in [1.29, 1.82) is 0 Å². The minimum atomic E-state index is -3.81. The Hall–Kier alpha value is -2.41. The molecule has 2 aromatic rings. The number of anilines is 1. The van der Waals surface area contributed by atoms with Gasteiger partial charge in [-0.05, 0) is 31.2 Å². The second-order valence-corrected chi connectivity index (χ2v) is 7.07. The highest BCUT2D eigenvalue weighted by Crippen LogP contribution is 2.39. The molecule has 6 nitrogen and oxygen atoms in total. The lowest BCUT2D eigenvalue weighted by atomic mass is 10.1. The average Bonchev–Trinajstić information content (AvgIpc) is 2.88. The summed E-state index contributed by atoms with van der Waals surface area (Å²) in [6.45, 7) is 1.69. The molecule has 0 saturated carbocycles. The molecule has 1 unspecified atom stereocenters. The van der Waals surface area contributed by atoms with Crippen LogP contribution in [0.4, 0.5) is 5.69 Å². The molecule has 0 aliphatic carbocycles. The van der Waals surface area contributed by atoms with E-state index < -0.39 is 21.0 Å². The molecule has 3 rings (SSSR count). The summed E-state index contributed by atoms with van der Waals surface area (Å²) < 4.78 is 26.7. The van der Waals surface area contributed by atoms with Crippen LogP contribution in [0.25, 0.3) is 0 Å². The Kier molecular flexibility index (Phi) is 3.37. The number of rotatable bonds is 3. The van der Waals surface area contributed by atoms with E-state index in [0.29, 0.717) is 11.3 Å². The lowest BCUT2D eigenvalue weighted by Gasteiger charge is -2.18. The standard InChI is InChI=1S/C15H14N2O4S/c1-11-6-8-12(9-7-11)22(20,21)16-10-15(17(18)19)13-4-2-3-5-14(13)16/h2-9,15H,10H2,1H3. The van der Waals surface area contributed by atoms with Crippen molar-refractivity contribution in [3.63, 3.8) is 0 Å². The minimum Gasteiger partial charge on any atom is -0.264 e. The van der Waals surface area contributed by atoms with Gasteiger partial charge in [-0.25, -0.2) is 8.42 Å². The largest absolute Gasteiger partial charge is 0.264 e. The third kappa shape index (κ3) is 2.23. The Morgan fingerprint density at radius 3 is 2.41 bits per heavy atom. The van der Waals surface area contributed by atoms with Crippen molar-refractivity contribution in [1.82, 2.24) is 0 Å². The normalized spacial score (nSPS) is 17.3. The smallest absolute Gasteiger partial charge is 0.264 e. The van der Waals surface area contributed by atoms with E-state index in [1.807, 2.05) is 6.92 Å². The molecule has 0 aromatic heterocycles. The summed E-state index contributed by atoms with van der Waals surface area (Å²) in [5.74, 6) is 0. The number of hydrogen-bond acceptors (Lipinski definition) is 4. The summed E-state index contributed by atoms with van der Waals surface area (Å²) in [6.07, 6.45) is 0. The van der Waals surface area contributed by atoms with Crippen LogP contribution in [-0.4, -0.2) is 19.9 Å². The Balaban J connectivity index is 2.09. The number of para-hydroxylation sites is 1. The van der Waals surface area contributed by atoms with Gasteiger partial charge in [-0.15, -0.1) is 0 Å². The van der Waals surface area contributed by atoms with Crippen LogP contribution >= 0.6 is 0 Å². The van der Waals surface area contributed by atoms with Crippen molar-refractivity contribution in [3.05, 3.63) is 69.8 Å². The van der Waals surface area contributed by atoms with E-state index in [4.69, 9.17) is 0 Å². The van der Waals surface area contributed by atoms with E-state index >= 15 is 0 Å². The number of nitro groups is 1. The number of sulfonamides is 1. The van der Waals surface area contributed by atoms with Gasteiger partial charge in [0.05, 0.1) is 16.1 Å². The first-order valence-corrected chi connectivity index (χ1v) is 8.17. The fourth-order valence-electron chi connectivity index (χ4n) is 2.60. The van der Waals surface area contributed by atoms with E-state index in [2.05, 4.69) is 0 Å². The van der Waals surface area contributed by atoms with Crippen LogP contribution in [0.3, 0.4) is 0 Å². The molecule has 1 aliphatic rings. The SMILES string of the molecule is Cc1ccc(S(=O)(=O)N2CC([N+](=O)[O-])c3ccccc32)cc1. The molecule has 1 heterocycles. The van der Waals surface area contributed by atoms with Gasteiger partial charge < -0.3 is 0 Å². The first kappa shape index (κ1) is 14.5. The maximum atomic E-state index is 12.8. The summed E-state index contributed by atoms with van der Waals surface area (Å²) in [5, 5.41) is 11.2. The van der Waals surface area contributed by atoms with Crippen molar-refractivity contribution in [2.75, 3.05) is 10.8 Å². The molecule has 0 fully saturated rings. The molecule has 2 aromatic carbocycles.